The first-order valence-corrected chi connectivity index (χ1v) is 3.79. The van der Waals surface area contributed by atoms with E-state index in [1.165, 1.54) is 4.90 Å². The molecular weight excluding hydrogens is 180 g/mol. The lowest BCUT2D eigenvalue weighted by Crippen LogP contribution is -2.44. The Morgan fingerprint density at radius 1 is 1.75 bits per heavy atom. The highest BCUT2D eigenvalue weighted by Gasteiger charge is 2.28. The number of halogens is 1. The second-order valence-corrected chi connectivity index (χ2v) is 3.00. The molecule has 0 radical (unpaired) electrons. The lowest BCUT2D eigenvalue weighted by atomic mass is 10.6. The van der Waals surface area contributed by atoms with Crippen molar-refractivity contribution in [1.29, 1.82) is 0 Å². The van der Waals surface area contributed by atoms with Crippen LogP contribution in [0.1, 0.15) is 0 Å². The van der Waals surface area contributed by atoms with Crippen molar-refractivity contribution in [3.63, 3.8) is 0 Å². The zero-order valence-electron chi connectivity index (χ0n) is 6.41. The molecule has 2 aliphatic heterocycles. The highest BCUT2D eigenvalue weighted by atomic mass is 35.5. The van der Waals surface area contributed by atoms with Crippen molar-refractivity contribution < 1.29 is 4.79 Å². The minimum absolute atomic E-state index is 0.123. The molecule has 0 aliphatic carbocycles. The summed E-state index contributed by atoms with van der Waals surface area (Å²) in [4.78, 5) is 18.5. The Hall–Kier alpha value is -1.23. The minimum atomic E-state index is -0.231. The van der Waals surface area contributed by atoms with Gasteiger partial charge in [0.1, 0.15) is 6.67 Å². The molecule has 0 atom stereocenters. The highest BCUT2D eigenvalue weighted by molar-refractivity contribution is 6.66. The summed E-state index contributed by atoms with van der Waals surface area (Å²) in [5.41, 5.74) is 0. The van der Waals surface area contributed by atoms with Gasteiger partial charge in [0, 0.05) is 13.2 Å². The van der Waals surface area contributed by atoms with Crippen LogP contribution in [0.3, 0.4) is 0 Å². The molecule has 0 bridgehead atoms. The summed E-state index contributed by atoms with van der Waals surface area (Å²) in [6.45, 7) is 0.523. The third kappa shape index (κ3) is 1.02. The number of urea groups is 1. The molecule has 2 aliphatic rings. The highest BCUT2D eigenvalue weighted by Crippen LogP contribution is 2.18. The van der Waals surface area contributed by atoms with Crippen LogP contribution < -0.4 is 5.32 Å². The third-order valence-corrected chi connectivity index (χ3v) is 1.82. The smallest absolute Gasteiger partial charge is 0.330 e. The lowest BCUT2D eigenvalue weighted by Gasteiger charge is -2.21. The Bertz CT molecular complexity index is 298. The van der Waals surface area contributed by atoms with Crippen LogP contribution in [-0.2, 0) is 0 Å². The predicted molar refractivity (Wildman–Crippen MR) is 44.4 cm³/mol. The average Bonchev–Trinajstić information content (AvgIpc) is 2.29. The maximum Gasteiger partial charge on any atom is 0.330 e. The van der Waals surface area contributed by atoms with Crippen LogP contribution in [-0.4, -0.2) is 34.8 Å². The molecule has 0 aromatic rings. The van der Waals surface area contributed by atoms with Gasteiger partial charge in [-0.25, -0.2) is 9.79 Å². The van der Waals surface area contributed by atoms with E-state index in [-0.39, 0.29) is 11.3 Å². The van der Waals surface area contributed by atoms with Gasteiger partial charge in [-0.05, 0) is 11.6 Å². The molecule has 0 aromatic carbocycles. The van der Waals surface area contributed by atoms with Gasteiger partial charge in [-0.1, -0.05) is 0 Å². The normalized spacial score (nSPS) is 21.7. The number of nitrogens with one attached hydrogen (secondary N) is 1. The maximum absolute atomic E-state index is 11.2. The number of hydrogen-bond donors (Lipinski definition) is 1. The molecule has 2 rings (SSSR count). The molecule has 0 saturated heterocycles. The Labute approximate surface area is 74.3 Å². The predicted octanol–water partition coefficient (Wildman–Crippen LogP) is 0.308. The quantitative estimate of drug-likeness (QED) is 0.554. The van der Waals surface area contributed by atoms with E-state index in [2.05, 4.69) is 10.3 Å². The van der Waals surface area contributed by atoms with Crippen LogP contribution >= 0.6 is 11.6 Å². The van der Waals surface area contributed by atoms with Crippen LogP contribution in [0.25, 0.3) is 0 Å². The molecule has 1 N–H and O–H groups in total. The van der Waals surface area contributed by atoms with Crippen LogP contribution in [0.5, 0.6) is 0 Å². The van der Waals surface area contributed by atoms with Crippen molar-refractivity contribution >= 4 is 22.9 Å². The molecule has 12 heavy (non-hydrogen) atoms. The Balaban J connectivity index is 2.35. The summed E-state index contributed by atoms with van der Waals surface area (Å²) in [5.74, 6) is 0.589. The molecule has 2 amide bonds. The molecule has 5 nitrogen and oxygen atoms in total. The number of nitrogens with zero attached hydrogens (tertiary/aromatic N) is 3. The number of aliphatic imine (C=N–C) groups is 1. The molecule has 0 aromatic heterocycles. The van der Waals surface area contributed by atoms with Crippen molar-refractivity contribution in [3.05, 3.63) is 12.0 Å². The summed E-state index contributed by atoms with van der Waals surface area (Å²) >= 11 is 5.56. The van der Waals surface area contributed by atoms with E-state index in [0.717, 1.165) is 0 Å². The van der Waals surface area contributed by atoms with Gasteiger partial charge in [0.2, 0.25) is 5.29 Å². The molecule has 0 spiro atoms. The second kappa shape index (κ2) is 2.38. The lowest BCUT2D eigenvalue weighted by molar-refractivity contribution is 0.206. The molecule has 6 heteroatoms. The third-order valence-electron chi connectivity index (χ3n) is 1.64. The second-order valence-electron chi connectivity index (χ2n) is 2.65. The number of rotatable bonds is 0. The molecule has 0 unspecified atom stereocenters. The summed E-state index contributed by atoms with van der Waals surface area (Å²) < 4.78 is 0. The fourth-order valence-electron chi connectivity index (χ4n) is 1.14. The van der Waals surface area contributed by atoms with Crippen LogP contribution in [0.2, 0.25) is 0 Å². The van der Waals surface area contributed by atoms with Crippen LogP contribution in [0.15, 0.2) is 17.0 Å². The molecule has 64 valence electrons. The van der Waals surface area contributed by atoms with Gasteiger partial charge in [0.15, 0.2) is 5.82 Å². The SMILES string of the molecule is CN1C=C2N=C(Cl)NC(=O)N2C1. The van der Waals surface area contributed by atoms with Gasteiger partial charge in [0.25, 0.3) is 0 Å². The van der Waals surface area contributed by atoms with Crippen molar-refractivity contribution in [3.8, 4) is 0 Å². The van der Waals surface area contributed by atoms with E-state index in [9.17, 15) is 4.79 Å². The zero-order chi connectivity index (χ0) is 8.72. The van der Waals surface area contributed by atoms with Crippen LogP contribution in [0.4, 0.5) is 4.79 Å². The van der Waals surface area contributed by atoms with Gasteiger partial charge in [-0.3, -0.25) is 10.2 Å². The average molecular weight is 187 g/mol. The van der Waals surface area contributed by atoms with E-state index in [1.54, 1.807) is 6.20 Å². The maximum atomic E-state index is 11.2. The molecule has 2 heterocycles. The summed E-state index contributed by atoms with van der Waals surface area (Å²) in [7, 11) is 1.86. The number of fused-ring (bicyclic) bond motifs is 1. The van der Waals surface area contributed by atoms with Crippen molar-refractivity contribution in [2.75, 3.05) is 13.7 Å². The van der Waals surface area contributed by atoms with E-state index in [0.29, 0.717) is 12.5 Å². The van der Waals surface area contributed by atoms with Gasteiger partial charge in [-0.15, -0.1) is 0 Å². The first-order valence-electron chi connectivity index (χ1n) is 3.41. The van der Waals surface area contributed by atoms with Gasteiger partial charge in [0.05, 0.1) is 0 Å². The Morgan fingerprint density at radius 2 is 2.50 bits per heavy atom. The standard InChI is InChI=1S/C6H7ClN4O/c1-10-2-4-8-5(7)9-6(12)11(4)3-10/h2H,3H2,1H3,(H,8,9,12). The number of amidine groups is 1. The van der Waals surface area contributed by atoms with Gasteiger partial charge < -0.3 is 4.90 Å². The van der Waals surface area contributed by atoms with Gasteiger partial charge in [-0.2, -0.15) is 0 Å². The van der Waals surface area contributed by atoms with Gasteiger partial charge >= 0.3 is 6.03 Å². The number of carbonyl (C=O) groups excluding carboxylic acids is 1. The first-order chi connectivity index (χ1) is 5.66. The number of amides is 2. The Kier molecular flexibility index (Phi) is 1.47. The monoisotopic (exact) mass is 186 g/mol. The first kappa shape index (κ1) is 7.42. The van der Waals surface area contributed by atoms with Crippen molar-refractivity contribution in [1.82, 2.24) is 15.1 Å². The molecule has 0 saturated carbocycles. The topological polar surface area (TPSA) is 47.9 Å². The van der Waals surface area contributed by atoms with E-state index >= 15 is 0 Å². The fraction of sp³-hybridized carbons (Fsp3) is 0.333. The summed E-state index contributed by atoms with van der Waals surface area (Å²) in [6.07, 6.45) is 1.76. The molecule has 0 fully saturated rings. The number of hydrogen-bond acceptors (Lipinski definition) is 3. The van der Waals surface area contributed by atoms with E-state index < -0.39 is 0 Å². The van der Waals surface area contributed by atoms with E-state index in [1.807, 2.05) is 11.9 Å². The van der Waals surface area contributed by atoms with Crippen molar-refractivity contribution in [2.45, 2.75) is 0 Å². The zero-order valence-corrected chi connectivity index (χ0v) is 7.17. The molecular formula is C6H7ClN4O. The summed E-state index contributed by atoms with van der Waals surface area (Å²) in [6, 6.07) is -0.231. The van der Waals surface area contributed by atoms with E-state index in [4.69, 9.17) is 11.6 Å². The van der Waals surface area contributed by atoms with Crippen LogP contribution in [0, 0.1) is 0 Å². The largest absolute Gasteiger partial charge is 0.359 e. The summed E-state index contributed by atoms with van der Waals surface area (Å²) in [5, 5.41) is 2.53. The Morgan fingerprint density at radius 3 is 3.25 bits per heavy atom. The minimum Gasteiger partial charge on any atom is -0.359 e. The number of carbonyl (C=O) groups is 1. The van der Waals surface area contributed by atoms with Crippen molar-refractivity contribution in [2.24, 2.45) is 4.99 Å². The fourth-order valence-corrected chi connectivity index (χ4v) is 1.31.